The van der Waals surface area contributed by atoms with Gasteiger partial charge < -0.3 is 10.3 Å². The normalized spacial score (nSPS) is 10.5. The molecule has 0 saturated heterocycles. The zero-order valence-corrected chi connectivity index (χ0v) is 8.99. The van der Waals surface area contributed by atoms with Gasteiger partial charge in [0.1, 0.15) is 5.01 Å². The van der Waals surface area contributed by atoms with Gasteiger partial charge in [0.05, 0.1) is 6.54 Å². The Bertz CT molecular complexity index is 531. The summed E-state index contributed by atoms with van der Waals surface area (Å²) in [4.78, 5) is 11.5. The van der Waals surface area contributed by atoms with Crippen LogP contribution >= 0.6 is 11.3 Å². The van der Waals surface area contributed by atoms with E-state index in [4.69, 9.17) is 5.73 Å². The number of anilines is 1. The van der Waals surface area contributed by atoms with Crippen LogP contribution in [0.2, 0.25) is 0 Å². The highest BCUT2D eigenvalue weighted by atomic mass is 32.1. The molecule has 2 heterocycles. The molecule has 78 valence electrons. The zero-order valence-electron chi connectivity index (χ0n) is 8.17. The number of hydrogen-bond acceptors (Lipinski definition) is 5. The van der Waals surface area contributed by atoms with Crippen LogP contribution in [0, 0.1) is 6.92 Å². The molecular formula is C9H10N4OS. The van der Waals surface area contributed by atoms with Gasteiger partial charge in [0.15, 0.2) is 0 Å². The van der Waals surface area contributed by atoms with E-state index in [2.05, 4.69) is 10.2 Å². The fraction of sp³-hybridized carbons (Fsp3) is 0.222. The maximum absolute atomic E-state index is 11.5. The third kappa shape index (κ3) is 2.04. The highest BCUT2D eigenvalue weighted by Crippen LogP contribution is 2.12. The number of nitrogen functional groups attached to an aromatic ring is 1. The molecule has 0 unspecified atom stereocenters. The summed E-state index contributed by atoms with van der Waals surface area (Å²) in [5, 5.41) is 8.74. The van der Waals surface area contributed by atoms with E-state index in [0.29, 0.717) is 11.7 Å². The standard InChI is InChI=1S/C9H10N4OS/c1-6-3-2-4-8(14)13(6)5-7-11-12-9(10)15-7/h2-4H,5H2,1H3,(H2,10,12). The highest BCUT2D eigenvalue weighted by molar-refractivity contribution is 7.15. The van der Waals surface area contributed by atoms with E-state index in [1.54, 1.807) is 10.6 Å². The molecule has 0 spiro atoms. The van der Waals surface area contributed by atoms with Gasteiger partial charge in [0.25, 0.3) is 5.56 Å². The number of nitrogens with two attached hydrogens (primary N) is 1. The van der Waals surface area contributed by atoms with Crippen LogP contribution < -0.4 is 11.3 Å². The van der Waals surface area contributed by atoms with E-state index < -0.39 is 0 Å². The molecule has 5 nitrogen and oxygen atoms in total. The fourth-order valence-electron chi connectivity index (χ4n) is 1.29. The molecule has 0 saturated carbocycles. The maximum Gasteiger partial charge on any atom is 0.251 e. The first-order valence-electron chi connectivity index (χ1n) is 4.41. The monoisotopic (exact) mass is 222 g/mol. The SMILES string of the molecule is Cc1cccc(=O)n1Cc1nnc(N)s1. The molecule has 6 heteroatoms. The summed E-state index contributed by atoms with van der Waals surface area (Å²) < 4.78 is 1.64. The quantitative estimate of drug-likeness (QED) is 0.809. The lowest BCUT2D eigenvalue weighted by molar-refractivity contribution is 0.717. The van der Waals surface area contributed by atoms with Crippen LogP contribution in [0.1, 0.15) is 10.7 Å². The van der Waals surface area contributed by atoms with Gasteiger partial charge in [-0.1, -0.05) is 17.4 Å². The van der Waals surface area contributed by atoms with E-state index in [1.165, 1.54) is 17.4 Å². The number of rotatable bonds is 2. The number of aryl methyl sites for hydroxylation is 1. The average Bonchev–Trinajstić information content (AvgIpc) is 2.58. The van der Waals surface area contributed by atoms with Crippen LogP contribution in [-0.2, 0) is 6.54 Å². The van der Waals surface area contributed by atoms with Crippen molar-refractivity contribution >= 4 is 16.5 Å². The van der Waals surface area contributed by atoms with Crippen molar-refractivity contribution in [1.29, 1.82) is 0 Å². The minimum absolute atomic E-state index is 0.0382. The van der Waals surface area contributed by atoms with Crippen LogP contribution in [-0.4, -0.2) is 14.8 Å². The molecule has 2 rings (SSSR count). The summed E-state index contributed by atoms with van der Waals surface area (Å²) in [7, 11) is 0. The molecule has 2 aromatic heterocycles. The first kappa shape index (κ1) is 9.85. The second-order valence-corrected chi connectivity index (χ2v) is 4.22. The Hall–Kier alpha value is -1.69. The molecule has 0 bridgehead atoms. The maximum atomic E-state index is 11.5. The predicted molar refractivity (Wildman–Crippen MR) is 58.9 cm³/mol. The lowest BCUT2D eigenvalue weighted by Gasteiger charge is -2.05. The van der Waals surface area contributed by atoms with E-state index in [0.717, 1.165) is 10.7 Å². The van der Waals surface area contributed by atoms with Gasteiger partial charge in [-0.3, -0.25) is 4.79 Å². The van der Waals surface area contributed by atoms with Crippen molar-refractivity contribution in [2.24, 2.45) is 0 Å². The van der Waals surface area contributed by atoms with Gasteiger partial charge in [-0.15, -0.1) is 10.2 Å². The van der Waals surface area contributed by atoms with E-state index >= 15 is 0 Å². The number of nitrogens with zero attached hydrogens (tertiary/aromatic N) is 3. The molecule has 0 amide bonds. The average molecular weight is 222 g/mol. The third-order valence-corrected chi connectivity index (χ3v) is 2.78. The fourth-order valence-corrected chi connectivity index (χ4v) is 1.89. The molecule has 2 N–H and O–H groups in total. The Balaban J connectivity index is 2.36. The Kier molecular flexibility index (Phi) is 2.51. The Labute approximate surface area is 90.2 Å². The van der Waals surface area contributed by atoms with Crippen LogP contribution in [0.4, 0.5) is 5.13 Å². The first-order chi connectivity index (χ1) is 7.16. The molecule has 0 fully saturated rings. The lowest BCUT2D eigenvalue weighted by Crippen LogP contribution is -2.21. The zero-order chi connectivity index (χ0) is 10.8. The molecule has 0 radical (unpaired) electrons. The highest BCUT2D eigenvalue weighted by Gasteiger charge is 2.04. The molecule has 0 aromatic carbocycles. The van der Waals surface area contributed by atoms with Crippen molar-refractivity contribution < 1.29 is 0 Å². The molecule has 0 aliphatic heterocycles. The second-order valence-electron chi connectivity index (χ2n) is 3.13. The second kappa shape index (κ2) is 3.82. The van der Waals surface area contributed by atoms with Crippen LogP contribution in [0.15, 0.2) is 23.0 Å². The first-order valence-corrected chi connectivity index (χ1v) is 5.23. The van der Waals surface area contributed by atoms with Crippen molar-refractivity contribution in [2.45, 2.75) is 13.5 Å². The van der Waals surface area contributed by atoms with Crippen molar-refractivity contribution in [3.8, 4) is 0 Å². The van der Waals surface area contributed by atoms with Gasteiger partial charge in [-0.05, 0) is 13.0 Å². The largest absolute Gasteiger partial charge is 0.374 e. The topological polar surface area (TPSA) is 73.8 Å². The Morgan fingerprint density at radius 2 is 2.27 bits per heavy atom. The molecule has 0 aliphatic rings. The van der Waals surface area contributed by atoms with Gasteiger partial charge in [-0.2, -0.15) is 0 Å². The summed E-state index contributed by atoms with van der Waals surface area (Å²) in [6.45, 7) is 2.31. The van der Waals surface area contributed by atoms with Gasteiger partial charge in [0.2, 0.25) is 5.13 Å². The molecule has 0 aliphatic carbocycles. The van der Waals surface area contributed by atoms with Crippen LogP contribution in [0.25, 0.3) is 0 Å². The van der Waals surface area contributed by atoms with Gasteiger partial charge >= 0.3 is 0 Å². The number of aromatic nitrogens is 3. The molecule has 0 atom stereocenters. The molecule has 2 aromatic rings. The minimum atomic E-state index is -0.0382. The summed E-state index contributed by atoms with van der Waals surface area (Å²) in [5.74, 6) is 0. The smallest absolute Gasteiger partial charge is 0.251 e. The van der Waals surface area contributed by atoms with Crippen molar-refractivity contribution in [3.05, 3.63) is 39.3 Å². The summed E-state index contributed by atoms with van der Waals surface area (Å²) >= 11 is 1.30. The number of pyridine rings is 1. The van der Waals surface area contributed by atoms with E-state index in [1.807, 2.05) is 13.0 Å². The summed E-state index contributed by atoms with van der Waals surface area (Å²) in [5.41, 5.74) is 6.33. The van der Waals surface area contributed by atoms with Gasteiger partial charge in [-0.25, -0.2) is 0 Å². The van der Waals surface area contributed by atoms with Crippen molar-refractivity contribution in [2.75, 3.05) is 5.73 Å². The molecule has 15 heavy (non-hydrogen) atoms. The Morgan fingerprint density at radius 3 is 2.87 bits per heavy atom. The third-order valence-electron chi connectivity index (χ3n) is 2.04. The van der Waals surface area contributed by atoms with E-state index in [-0.39, 0.29) is 5.56 Å². The van der Waals surface area contributed by atoms with E-state index in [9.17, 15) is 4.79 Å². The lowest BCUT2D eigenvalue weighted by atomic mass is 10.3. The van der Waals surface area contributed by atoms with Crippen LogP contribution in [0.5, 0.6) is 0 Å². The van der Waals surface area contributed by atoms with Crippen molar-refractivity contribution in [1.82, 2.24) is 14.8 Å². The minimum Gasteiger partial charge on any atom is -0.374 e. The van der Waals surface area contributed by atoms with Crippen LogP contribution in [0.3, 0.4) is 0 Å². The molecular weight excluding hydrogens is 212 g/mol. The predicted octanol–water partition coefficient (Wildman–Crippen LogP) is 0.639. The van der Waals surface area contributed by atoms with Gasteiger partial charge in [0, 0.05) is 11.8 Å². The number of hydrogen-bond donors (Lipinski definition) is 1. The van der Waals surface area contributed by atoms with Crippen molar-refractivity contribution in [3.63, 3.8) is 0 Å². The summed E-state index contributed by atoms with van der Waals surface area (Å²) in [6.07, 6.45) is 0. The Morgan fingerprint density at radius 1 is 1.47 bits per heavy atom. The summed E-state index contributed by atoms with van der Waals surface area (Å²) in [6, 6.07) is 5.14.